The van der Waals surface area contributed by atoms with Crippen LogP contribution in [0.4, 0.5) is 0 Å². The third-order valence-electron chi connectivity index (χ3n) is 4.09. The smallest absolute Gasteiger partial charge is 0.279 e. The van der Waals surface area contributed by atoms with Gasteiger partial charge in [0.2, 0.25) is 0 Å². The van der Waals surface area contributed by atoms with Crippen LogP contribution in [0.25, 0.3) is 0 Å². The molecule has 0 aliphatic heterocycles. The Kier molecular flexibility index (Phi) is 7.65. The van der Waals surface area contributed by atoms with Crippen LogP contribution < -0.4 is 16.2 Å². The fourth-order valence-corrected chi connectivity index (χ4v) is 4.39. The number of aryl methyl sites for hydroxylation is 1. The molecule has 128 valence electrons. The number of carbonyl (C=O) groups is 1. The molecular weight excluding hydrogens is 346 g/mol. The van der Waals surface area contributed by atoms with Gasteiger partial charge < -0.3 is 5.32 Å². The average Bonchev–Trinajstić information content (AvgIpc) is 2.99. The summed E-state index contributed by atoms with van der Waals surface area (Å²) in [5, 5.41) is 3.55. The highest BCUT2D eigenvalue weighted by atomic mass is 32.2. The number of hydrogen-bond acceptors (Lipinski definition) is 4. The molecule has 0 saturated carbocycles. The van der Waals surface area contributed by atoms with Crippen LogP contribution in [0.1, 0.15) is 46.3 Å². The minimum absolute atomic E-state index is 0.106. The van der Waals surface area contributed by atoms with E-state index in [0.717, 1.165) is 42.4 Å². The van der Waals surface area contributed by atoms with Gasteiger partial charge in [-0.1, -0.05) is 13.3 Å². The Hall–Kier alpha value is -0.790. The number of carbonyl (C=O) groups excluding carboxylic acids is 1. The summed E-state index contributed by atoms with van der Waals surface area (Å²) in [6.07, 6.45) is 7.81. The highest BCUT2D eigenvalue weighted by Crippen LogP contribution is 2.33. The first-order valence-corrected chi connectivity index (χ1v) is 10.7. The van der Waals surface area contributed by atoms with Gasteiger partial charge >= 0.3 is 0 Å². The quantitative estimate of drug-likeness (QED) is 0.407. The summed E-state index contributed by atoms with van der Waals surface area (Å²) in [5.41, 5.74) is 6.82. The van der Waals surface area contributed by atoms with Gasteiger partial charge in [0.05, 0.1) is 4.88 Å². The summed E-state index contributed by atoms with van der Waals surface area (Å²) in [4.78, 5) is 14.4. The van der Waals surface area contributed by atoms with Crippen molar-refractivity contribution in [2.24, 2.45) is 5.92 Å². The molecule has 1 amide bonds. The van der Waals surface area contributed by atoms with Gasteiger partial charge in [0, 0.05) is 11.4 Å². The Morgan fingerprint density at radius 2 is 2.30 bits per heavy atom. The summed E-state index contributed by atoms with van der Waals surface area (Å²) in [6.45, 7) is 3.06. The molecule has 0 saturated heterocycles. The van der Waals surface area contributed by atoms with Crippen LogP contribution in [0.3, 0.4) is 0 Å². The number of thiocarbonyl (C=S) groups is 1. The maximum Gasteiger partial charge on any atom is 0.279 e. The second-order valence-electron chi connectivity index (χ2n) is 5.76. The first kappa shape index (κ1) is 18.5. The second kappa shape index (κ2) is 9.49. The van der Waals surface area contributed by atoms with Crippen LogP contribution in [0.2, 0.25) is 0 Å². The normalized spacial score (nSPS) is 16.5. The first-order chi connectivity index (χ1) is 11.1. The summed E-state index contributed by atoms with van der Waals surface area (Å²) in [5.74, 6) is 1.76. The van der Waals surface area contributed by atoms with Crippen molar-refractivity contribution in [3.63, 3.8) is 0 Å². The fourth-order valence-electron chi connectivity index (χ4n) is 2.70. The predicted octanol–water partition coefficient (Wildman–Crippen LogP) is 3.13. The van der Waals surface area contributed by atoms with Gasteiger partial charge in [0.15, 0.2) is 5.11 Å². The monoisotopic (exact) mass is 371 g/mol. The van der Waals surface area contributed by atoms with Crippen LogP contribution in [-0.2, 0) is 12.8 Å². The summed E-state index contributed by atoms with van der Waals surface area (Å²) < 4.78 is 0. The molecule has 0 bridgehead atoms. The Morgan fingerprint density at radius 1 is 1.48 bits per heavy atom. The Labute approximate surface area is 152 Å². The van der Waals surface area contributed by atoms with Gasteiger partial charge in [0.25, 0.3) is 5.91 Å². The van der Waals surface area contributed by atoms with E-state index in [-0.39, 0.29) is 5.91 Å². The molecule has 1 heterocycles. The predicted molar refractivity (Wildman–Crippen MR) is 104 cm³/mol. The minimum atomic E-state index is -0.106. The van der Waals surface area contributed by atoms with Crippen molar-refractivity contribution < 1.29 is 4.79 Å². The van der Waals surface area contributed by atoms with E-state index in [2.05, 4.69) is 29.3 Å². The van der Waals surface area contributed by atoms with Crippen LogP contribution in [-0.4, -0.2) is 29.6 Å². The van der Waals surface area contributed by atoms with E-state index in [0.29, 0.717) is 5.11 Å². The minimum Gasteiger partial charge on any atom is -0.361 e. The SMILES string of the molecule is CC[C@H]1CCc2sc(C(=O)NNC(=S)NCCCSC)cc2C1. The maximum absolute atomic E-state index is 12.2. The van der Waals surface area contributed by atoms with Gasteiger partial charge in [-0.25, -0.2) is 0 Å². The summed E-state index contributed by atoms with van der Waals surface area (Å²) in [7, 11) is 0. The lowest BCUT2D eigenvalue weighted by Gasteiger charge is -2.19. The second-order valence-corrected chi connectivity index (χ2v) is 8.29. The number of thioether (sulfide) groups is 1. The van der Waals surface area contributed by atoms with Crippen molar-refractivity contribution in [2.45, 2.75) is 39.0 Å². The van der Waals surface area contributed by atoms with Crippen LogP contribution >= 0.6 is 35.3 Å². The van der Waals surface area contributed by atoms with Gasteiger partial charge in [-0.2, -0.15) is 11.8 Å². The molecule has 0 aromatic carbocycles. The van der Waals surface area contributed by atoms with Crippen LogP contribution in [0.5, 0.6) is 0 Å². The van der Waals surface area contributed by atoms with E-state index in [1.165, 1.54) is 23.3 Å². The molecule has 0 unspecified atom stereocenters. The summed E-state index contributed by atoms with van der Waals surface area (Å²) >= 11 is 8.57. The molecule has 1 aliphatic carbocycles. The van der Waals surface area contributed by atoms with Crippen molar-refractivity contribution in [3.8, 4) is 0 Å². The van der Waals surface area contributed by atoms with Gasteiger partial charge in [0.1, 0.15) is 0 Å². The van der Waals surface area contributed by atoms with Crippen molar-refractivity contribution in [2.75, 3.05) is 18.6 Å². The number of amides is 1. The first-order valence-electron chi connectivity index (χ1n) is 8.08. The maximum atomic E-state index is 12.2. The highest BCUT2D eigenvalue weighted by molar-refractivity contribution is 7.98. The van der Waals surface area contributed by atoms with Crippen molar-refractivity contribution in [1.29, 1.82) is 0 Å². The number of fused-ring (bicyclic) bond motifs is 1. The van der Waals surface area contributed by atoms with Gasteiger partial charge in [-0.05, 0) is 67.5 Å². The Balaban J connectivity index is 1.78. The lowest BCUT2D eigenvalue weighted by atomic mass is 9.87. The molecule has 1 aromatic heterocycles. The molecule has 7 heteroatoms. The third-order valence-corrected chi connectivity index (χ3v) is 6.27. The molecule has 2 rings (SSSR count). The summed E-state index contributed by atoms with van der Waals surface area (Å²) in [6, 6.07) is 2.05. The topological polar surface area (TPSA) is 53.2 Å². The Bertz CT molecular complexity index is 545. The van der Waals surface area contributed by atoms with Gasteiger partial charge in [-0.3, -0.25) is 15.6 Å². The molecule has 0 radical (unpaired) electrons. The highest BCUT2D eigenvalue weighted by Gasteiger charge is 2.22. The number of hydrogen-bond donors (Lipinski definition) is 3. The number of thiophene rings is 1. The zero-order valence-corrected chi connectivity index (χ0v) is 16.2. The molecule has 1 aromatic rings. The standard InChI is InChI=1S/C16H25N3OS3/c1-3-11-5-6-13-12(9-11)10-14(23-13)15(20)18-19-16(21)17-7-4-8-22-2/h10-11H,3-9H2,1-2H3,(H,18,20)(H2,17,19,21)/t11-/m0/s1. The van der Waals surface area contributed by atoms with E-state index >= 15 is 0 Å². The lowest BCUT2D eigenvalue weighted by molar-refractivity contribution is 0.0947. The lowest BCUT2D eigenvalue weighted by Crippen LogP contribution is -2.46. The van der Waals surface area contributed by atoms with E-state index < -0.39 is 0 Å². The van der Waals surface area contributed by atoms with Crippen LogP contribution in [0, 0.1) is 5.92 Å². The molecule has 23 heavy (non-hydrogen) atoms. The molecule has 0 fully saturated rings. The molecule has 3 N–H and O–H groups in total. The molecule has 0 spiro atoms. The van der Waals surface area contributed by atoms with Gasteiger partial charge in [-0.15, -0.1) is 11.3 Å². The number of rotatable bonds is 6. The van der Waals surface area contributed by atoms with Crippen molar-refractivity contribution in [1.82, 2.24) is 16.2 Å². The number of hydrazine groups is 1. The van der Waals surface area contributed by atoms with Crippen LogP contribution in [0.15, 0.2) is 6.07 Å². The zero-order valence-electron chi connectivity index (χ0n) is 13.7. The van der Waals surface area contributed by atoms with Crippen molar-refractivity contribution >= 4 is 46.3 Å². The van der Waals surface area contributed by atoms with E-state index in [4.69, 9.17) is 12.2 Å². The van der Waals surface area contributed by atoms with Crippen molar-refractivity contribution in [3.05, 3.63) is 21.4 Å². The molecular formula is C16H25N3OS3. The molecule has 4 nitrogen and oxygen atoms in total. The Morgan fingerprint density at radius 3 is 3.04 bits per heavy atom. The molecule has 1 atom stereocenters. The third kappa shape index (κ3) is 5.65. The van der Waals surface area contributed by atoms with E-state index in [1.807, 2.05) is 17.8 Å². The zero-order chi connectivity index (χ0) is 16.7. The number of nitrogens with one attached hydrogen (secondary N) is 3. The largest absolute Gasteiger partial charge is 0.361 e. The van der Waals surface area contributed by atoms with E-state index in [9.17, 15) is 4.79 Å². The average molecular weight is 372 g/mol. The van der Waals surface area contributed by atoms with E-state index in [1.54, 1.807) is 11.3 Å². The molecule has 1 aliphatic rings. The fraction of sp³-hybridized carbons (Fsp3) is 0.625.